The second-order valence-corrected chi connectivity index (χ2v) is 5.71. The highest BCUT2D eigenvalue weighted by atomic mass is 35.5. The summed E-state index contributed by atoms with van der Waals surface area (Å²) in [5, 5.41) is 11.4. The van der Waals surface area contributed by atoms with E-state index in [1.165, 1.54) is 13.2 Å². The van der Waals surface area contributed by atoms with Crippen molar-refractivity contribution in [3.63, 3.8) is 0 Å². The molecule has 0 atom stereocenters. The van der Waals surface area contributed by atoms with E-state index in [4.69, 9.17) is 26.2 Å². The van der Waals surface area contributed by atoms with Gasteiger partial charge in [-0.25, -0.2) is 0 Å². The molecule has 2 rings (SSSR count). The normalized spacial score (nSPS) is 10.5. The van der Waals surface area contributed by atoms with Gasteiger partial charge in [0.15, 0.2) is 11.5 Å². The van der Waals surface area contributed by atoms with Gasteiger partial charge in [0.2, 0.25) is 5.91 Å². The molecule has 0 aliphatic heterocycles. The molecule has 2 N–H and O–H groups in total. The zero-order valence-electron chi connectivity index (χ0n) is 14.1. The number of halogens is 1. The minimum Gasteiger partial charge on any atom is -0.493 e. The average Bonchev–Trinajstić information content (AvgIpc) is 2.64. The van der Waals surface area contributed by atoms with Gasteiger partial charge in [0.05, 0.1) is 7.11 Å². The molecule has 6 nitrogen and oxygen atoms in total. The van der Waals surface area contributed by atoms with Crippen molar-refractivity contribution in [1.29, 1.82) is 0 Å². The summed E-state index contributed by atoms with van der Waals surface area (Å²) in [4.78, 5) is 21.9. The standard InChI is InChI=1S/C19H18ClNO5/c1-25-17-10-13(5-9-18(22)21-11-19(23)24)4-8-16(17)26-12-14-2-6-15(20)7-3-14/h2-10H,11-12H2,1H3,(H,21,22)(H,23,24)/b9-5+. The van der Waals surface area contributed by atoms with Crippen LogP contribution in [-0.4, -0.2) is 30.6 Å². The van der Waals surface area contributed by atoms with Crippen LogP contribution in [0.25, 0.3) is 6.08 Å². The number of benzene rings is 2. The average molecular weight is 376 g/mol. The van der Waals surface area contributed by atoms with E-state index >= 15 is 0 Å². The molecule has 2 aromatic carbocycles. The lowest BCUT2D eigenvalue weighted by Crippen LogP contribution is -2.27. The predicted octanol–water partition coefficient (Wildman–Crippen LogP) is 3.14. The summed E-state index contributed by atoms with van der Waals surface area (Å²) in [7, 11) is 1.53. The van der Waals surface area contributed by atoms with Gasteiger partial charge in [-0.3, -0.25) is 9.59 Å². The highest BCUT2D eigenvalue weighted by molar-refractivity contribution is 6.30. The van der Waals surface area contributed by atoms with Crippen LogP contribution in [-0.2, 0) is 16.2 Å². The Morgan fingerprint density at radius 1 is 1.15 bits per heavy atom. The third-order valence-electron chi connectivity index (χ3n) is 3.34. The van der Waals surface area contributed by atoms with Gasteiger partial charge in [-0.15, -0.1) is 0 Å². The summed E-state index contributed by atoms with van der Waals surface area (Å²) >= 11 is 5.86. The Kier molecular flexibility index (Phi) is 7.05. The molecule has 7 heteroatoms. The molecule has 2 aromatic rings. The molecule has 0 heterocycles. The Bertz CT molecular complexity index is 802. The van der Waals surface area contributed by atoms with Gasteiger partial charge < -0.3 is 19.9 Å². The molecule has 0 radical (unpaired) electrons. The van der Waals surface area contributed by atoms with Crippen LogP contribution in [0, 0.1) is 0 Å². The lowest BCUT2D eigenvalue weighted by molar-refractivity contribution is -0.137. The Morgan fingerprint density at radius 2 is 1.88 bits per heavy atom. The number of aliphatic carboxylic acids is 1. The molecule has 0 aliphatic rings. The number of hydrogen-bond acceptors (Lipinski definition) is 4. The molecule has 0 aromatic heterocycles. The molecule has 0 spiro atoms. The van der Waals surface area contributed by atoms with Crippen molar-refractivity contribution >= 4 is 29.6 Å². The van der Waals surface area contributed by atoms with Crippen molar-refractivity contribution in [3.8, 4) is 11.5 Å². The number of rotatable bonds is 8. The minimum absolute atomic E-state index is 0.361. The first-order valence-electron chi connectivity index (χ1n) is 7.71. The number of carbonyl (C=O) groups excluding carboxylic acids is 1. The summed E-state index contributed by atoms with van der Waals surface area (Å²) in [5.41, 5.74) is 1.68. The van der Waals surface area contributed by atoms with E-state index < -0.39 is 18.4 Å². The number of nitrogens with one attached hydrogen (secondary N) is 1. The maximum atomic E-state index is 11.5. The highest BCUT2D eigenvalue weighted by Crippen LogP contribution is 2.29. The summed E-state index contributed by atoms with van der Waals surface area (Å²) < 4.78 is 11.1. The second kappa shape index (κ2) is 9.48. The van der Waals surface area contributed by atoms with Crippen molar-refractivity contribution in [3.05, 3.63) is 64.7 Å². The number of amides is 1. The maximum absolute atomic E-state index is 11.5. The fourth-order valence-corrected chi connectivity index (χ4v) is 2.17. The highest BCUT2D eigenvalue weighted by Gasteiger charge is 2.06. The Balaban J connectivity index is 2.00. The van der Waals surface area contributed by atoms with Gasteiger partial charge >= 0.3 is 5.97 Å². The third kappa shape index (κ3) is 6.14. The van der Waals surface area contributed by atoms with Crippen LogP contribution in [0.5, 0.6) is 11.5 Å². The molecular weight excluding hydrogens is 358 g/mol. The van der Waals surface area contributed by atoms with Gasteiger partial charge in [0, 0.05) is 11.1 Å². The van der Waals surface area contributed by atoms with Crippen molar-refractivity contribution < 1.29 is 24.2 Å². The fourth-order valence-electron chi connectivity index (χ4n) is 2.04. The summed E-state index contributed by atoms with van der Waals surface area (Å²) in [5.74, 6) is -0.507. The van der Waals surface area contributed by atoms with Crippen LogP contribution in [0.3, 0.4) is 0 Å². The molecule has 0 bridgehead atoms. The minimum atomic E-state index is -1.10. The smallest absolute Gasteiger partial charge is 0.322 e. The predicted molar refractivity (Wildman–Crippen MR) is 98.5 cm³/mol. The van der Waals surface area contributed by atoms with E-state index in [-0.39, 0.29) is 0 Å². The lowest BCUT2D eigenvalue weighted by Gasteiger charge is -2.11. The monoisotopic (exact) mass is 375 g/mol. The van der Waals surface area contributed by atoms with Crippen molar-refractivity contribution in [2.24, 2.45) is 0 Å². The van der Waals surface area contributed by atoms with Crippen molar-refractivity contribution in [2.75, 3.05) is 13.7 Å². The summed E-state index contributed by atoms with van der Waals surface area (Å²) in [6, 6.07) is 12.6. The van der Waals surface area contributed by atoms with Crippen molar-refractivity contribution in [2.45, 2.75) is 6.61 Å². The van der Waals surface area contributed by atoms with Crippen LogP contribution in [0.4, 0.5) is 0 Å². The molecule has 26 heavy (non-hydrogen) atoms. The summed E-state index contributed by atoms with van der Waals surface area (Å²) in [6.07, 6.45) is 2.81. The molecule has 136 valence electrons. The van der Waals surface area contributed by atoms with Gasteiger partial charge in [0.1, 0.15) is 13.2 Å². The second-order valence-electron chi connectivity index (χ2n) is 5.27. The number of ether oxygens (including phenoxy) is 2. The van der Waals surface area contributed by atoms with E-state index in [1.807, 2.05) is 12.1 Å². The topological polar surface area (TPSA) is 84.9 Å². The first kappa shape index (κ1) is 19.3. The number of hydrogen-bond donors (Lipinski definition) is 2. The van der Waals surface area contributed by atoms with Gasteiger partial charge in [-0.05, 0) is 41.5 Å². The first-order chi connectivity index (χ1) is 12.5. The van der Waals surface area contributed by atoms with E-state index in [9.17, 15) is 9.59 Å². The fraction of sp³-hybridized carbons (Fsp3) is 0.158. The third-order valence-corrected chi connectivity index (χ3v) is 3.59. The number of carboxylic acids is 1. The lowest BCUT2D eigenvalue weighted by atomic mass is 10.2. The number of carboxylic acid groups (broad SMARTS) is 1. The number of carbonyl (C=O) groups is 2. The largest absolute Gasteiger partial charge is 0.493 e. The van der Waals surface area contributed by atoms with Crippen LogP contribution in [0.2, 0.25) is 5.02 Å². The molecule has 0 fully saturated rings. The summed E-state index contributed by atoms with van der Waals surface area (Å²) in [6.45, 7) is -0.0652. The van der Waals surface area contributed by atoms with E-state index in [2.05, 4.69) is 5.32 Å². The SMILES string of the molecule is COc1cc(/C=C/C(=O)NCC(=O)O)ccc1OCc1ccc(Cl)cc1. The van der Waals surface area contributed by atoms with E-state index in [0.717, 1.165) is 5.56 Å². The van der Waals surface area contributed by atoms with Crippen LogP contribution < -0.4 is 14.8 Å². The van der Waals surface area contributed by atoms with Crippen LogP contribution in [0.1, 0.15) is 11.1 Å². The molecular formula is C19H18ClNO5. The van der Waals surface area contributed by atoms with Crippen molar-refractivity contribution in [1.82, 2.24) is 5.32 Å². The maximum Gasteiger partial charge on any atom is 0.322 e. The van der Waals surface area contributed by atoms with Crippen LogP contribution in [0.15, 0.2) is 48.5 Å². The Morgan fingerprint density at radius 3 is 2.54 bits per heavy atom. The molecule has 1 amide bonds. The molecule has 0 saturated heterocycles. The Labute approximate surface area is 156 Å². The quantitative estimate of drug-likeness (QED) is 0.692. The van der Waals surface area contributed by atoms with Crippen LogP contribution >= 0.6 is 11.6 Å². The first-order valence-corrected chi connectivity index (χ1v) is 8.08. The van der Waals surface area contributed by atoms with Gasteiger partial charge in [-0.1, -0.05) is 29.8 Å². The number of methoxy groups -OCH3 is 1. The van der Waals surface area contributed by atoms with E-state index in [1.54, 1.807) is 36.4 Å². The molecule has 0 saturated carbocycles. The van der Waals surface area contributed by atoms with Gasteiger partial charge in [0.25, 0.3) is 0 Å². The van der Waals surface area contributed by atoms with E-state index in [0.29, 0.717) is 28.7 Å². The molecule has 0 unspecified atom stereocenters. The zero-order chi connectivity index (χ0) is 18.9. The Hall–Kier alpha value is -2.99. The van der Waals surface area contributed by atoms with Gasteiger partial charge in [-0.2, -0.15) is 0 Å². The molecule has 0 aliphatic carbocycles. The zero-order valence-corrected chi connectivity index (χ0v) is 14.8.